The summed E-state index contributed by atoms with van der Waals surface area (Å²) < 4.78 is 4.96. The molecule has 94 valence electrons. The largest absolute Gasteiger partial charge is 0.464 e. The van der Waals surface area contributed by atoms with E-state index in [4.69, 9.17) is 4.74 Å². The van der Waals surface area contributed by atoms with Gasteiger partial charge in [0, 0.05) is 5.69 Å². The van der Waals surface area contributed by atoms with Crippen LogP contribution in [0.5, 0.6) is 0 Å². The van der Waals surface area contributed by atoms with Crippen LogP contribution in [0.4, 0.5) is 5.69 Å². The van der Waals surface area contributed by atoms with Crippen LogP contribution in [0.3, 0.4) is 0 Å². The molecule has 0 unspecified atom stereocenters. The SMILES string of the molecule is CCOC(=O)[C@@H](C)Nc1ccc2ccccc2c1. The van der Waals surface area contributed by atoms with E-state index >= 15 is 0 Å². The first-order chi connectivity index (χ1) is 8.70. The number of benzene rings is 2. The molecule has 3 heteroatoms. The number of ether oxygens (including phenoxy) is 1. The highest BCUT2D eigenvalue weighted by atomic mass is 16.5. The zero-order valence-corrected chi connectivity index (χ0v) is 10.6. The Balaban J connectivity index is 2.14. The van der Waals surface area contributed by atoms with Gasteiger partial charge in [-0.15, -0.1) is 0 Å². The average molecular weight is 243 g/mol. The van der Waals surface area contributed by atoms with E-state index in [0.29, 0.717) is 6.61 Å². The summed E-state index contributed by atoms with van der Waals surface area (Å²) in [5, 5.41) is 5.48. The third kappa shape index (κ3) is 2.80. The molecule has 18 heavy (non-hydrogen) atoms. The van der Waals surface area contributed by atoms with Crippen molar-refractivity contribution in [3.8, 4) is 0 Å². The number of carbonyl (C=O) groups excluding carboxylic acids is 1. The normalized spacial score (nSPS) is 12.1. The summed E-state index contributed by atoms with van der Waals surface area (Å²) >= 11 is 0. The lowest BCUT2D eigenvalue weighted by Gasteiger charge is -2.14. The van der Waals surface area contributed by atoms with Gasteiger partial charge in [-0.1, -0.05) is 30.3 Å². The molecule has 1 atom stereocenters. The predicted octanol–water partition coefficient (Wildman–Crippen LogP) is 3.20. The Morgan fingerprint density at radius 1 is 1.22 bits per heavy atom. The third-order valence-electron chi connectivity index (χ3n) is 2.77. The molecule has 0 saturated carbocycles. The van der Waals surface area contributed by atoms with Gasteiger partial charge >= 0.3 is 5.97 Å². The minimum atomic E-state index is -0.342. The number of rotatable bonds is 4. The molecule has 0 radical (unpaired) electrons. The smallest absolute Gasteiger partial charge is 0.328 e. The van der Waals surface area contributed by atoms with Crippen molar-refractivity contribution >= 4 is 22.4 Å². The quantitative estimate of drug-likeness (QED) is 0.838. The molecule has 2 rings (SSSR count). The van der Waals surface area contributed by atoms with Crippen LogP contribution in [-0.2, 0) is 9.53 Å². The van der Waals surface area contributed by atoms with Gasteiger partial charge in [0.05, 0.1) is 6.61 Å². The van der Waals surface area contributed by atoms with Gasteiger partial charge in [0.15, 0.2) is 0 Å². The molecule has 0 amide bonds. The maximum absolute atomic E-state index is 11.5. The van der Waals surface area contributed by atoms with Crippen LogP contribution < -0.4 is 5.32 Å². The molecule has 3 nitrogen and oxygen atoms in total. The maximum Gasteiger partial charge on any atom is 0.328 e. The van der Waals surface area contributed by atoms with Crippen LogP contribution in [-0.4, -0.2) is 18.6 Å². The zero-order valence-electron chi connectivity index (χ0n) is 10.6. The molecule has 0 aromatic heterocycles. The standard InChI is InChI=1S/C15H17NO2/c1-3-18-15(17)11(2)16-14-9-8-12-6-4-5-7-13(12)10-14/h4-11,16H,3H2,1-2H3/t11-/m1/s1. The molecule has 2 aromatic rings. The minimum absolute atomic E-state index is 0.231. The summed E-state index contributed by atoms with van der Waals surface area (Å²) in [6.45, 7) is 4.01. The summed E-state index contributed by atoms with van der Waals surface area (Å²) in [4.78, 5) is 11.5. The first-order valence-electron chi connectivity index (χ1n) is 6.12. The second-order valence-electron chi connectivity index (χ2n) is 4.18. The Morgan fingerprint density at radius 3 is 2.67 bits per heavy atom. The van der Waals surface area contributed by atoms with Crippen molar-refractivity contribution in [2.24, 2.45) is 0 Å². The third-order valence-corrected chi connectivity index (χ3v) is 2.77. The van der Waals surface area contributed by atoms with Crippen molar-refractivity contribution in [3.05, 3.63) is 42.5 Å². The van der Waals surface area contributed by atoms with E-state index in [1.807, 2.05) is 30.3 Å². The molecule has 0 aliphatic carbocycles. The lowest BCUT2D eigenvalue weighted by Crippen LogP contribution is -2.28. The molecular weight excluding hydrogens is 226 g/mol. The minimum Gasteiger partial charge on any atom is -0.464 e. The predicted molar refractivity (Wildman–Crippen MR) is 73.7 cm³/mol. The fraction of sp³-hybridized carbons (Fsp3) is 0.267. The Bertz CT molecular complexity index is 551. The molecule has 0 aliphatic heterocycles. The Kier molecular flexibility index (Phi) is 3.82. The molecule has 1 N–H and O–H groups in total. The second kappa shape index (κ2) is 5.54. The van der Waals surface area contributed by atoms with Crippen LogP contribution in [0.2, 0.25) is 0 Å². The summed E-state index contributed by atoms with van der Waals surface area (Å²) in [5.41, 5.74) is 0.925. The molecular formula is C15H17NO2. The van der Waals surface area contributed by atoms with E-state index in [-0.39, 0.29) is 12.0 Å². The number of fused-ring (bicyclic) bond motifs is 1. The van der Waals surface area contributed by atoms with Gasteiger partial charge in [-0.2, -0.15) is 0 Å². The zero-order chi connectivity index (χ0) is 13.0. The van der Waals surface area contributed by atoms with Crippen molar-refractivity contribution in [2.45, 2.75) is 19.9 Å². The van der Waals surface area contributed by atoms with E-state index in [9.17, 15) is 4.79 Å². The lowest BCUT2D eigenvalue weighted by atomic mass is 10.1. The van der Waals surface area contributed by atoms with Crippen LogP contribution >= 0.6 is 0 Å². The van der Waals surface area contributed by atoms with Crippen LogP contribution in [0.25, 0.3) is 10.8 Å². The van der Waals surface area contributed by atoms with Gasteiger partial charge in [0.1, 0.15) is 6.04 Å². The number of anilines is 1. The van der Waals surface area contributed by atoms with E-state index in [2.05, 4.69) is 17.4 Å². The van der Waals surface area contributed by atoms with E-state index in [1.165, 1.54) is 5.39 Å². The van der Waals surface area contributed by atoms with Gasteiger partial charge in [-0.05, 0) is 36.8 Å². The topological polar surface area (TPSA) is 38.3 Å². The lowest BCUT2D eigenvalue weighted by molar-refractivity contribution is -0.143. The highest BCUT2D eigenvalue weighted by Crippen LogP contribution is 2.19. The molecule has 0 bridgehead atoms. The first kappa shape index (κ1) is 12.4. The fourth-order valence-electron chi connectivity index (χ4n) is 1.86. The summed E-state index contributed by atoms with van der Waals surface area (Å²) in [7, 11) is 0. The first-order valence-corrected chi connectivity index (χ1v) is 6.12. The van der Waals surface area contributed by atoms with Gasteiger partial charge in [0.25, 0.3) is 0 Å². The number of nitrogens with one attached hydrogen (secondary N) is 1. The molecule has 0 saturated heterocycles. The Morgan fingerprint density at radius 2 is 1.94 bits per heavy atom. The van der Waals surface area contributed by atoms with Gasteiger partial charge in [-0.3, -0.25) is 0 Å². The van der Waals surface area contributed by atoms with Crippen LogP contribution in [0, 0.1) is 0 Å². The van der Waals surface area contributed by atoms with Crippen LogP contribution in [0.1, 0.15) is 13.8 Å². The maximum atomic E-state index is 11.5. The van der Waals surface area contributed by atoms with Crippen LogP contribution in [0.15, 0.2) is 42.5 Å². The van der Waals surface area contributed by atoms with E-state index < -0.39 is 0 Å². The summed E-state index contributed by atoms with van der Waals surface area (Å²) in [6, 6.07) is 13.8. The van der Waals surface area contributed by atoms with Crippen molar-refractivity contribution in [1.82, 2.24) is 0 Å². The second-order valence-corrected chi connectivity index (χ2v) is 4.18. The molecule has 0 fully saturated rings. The van der Waals surface area contributed by atoms with Gasteiger partial charge < -0.3 is 10.1 Å². The highest BCUT2D eigenvalue weighted by molar-refractivity contribution is 5.87. The molecule has 0 spiro atoms. The molecule has 0 aliphatic rings. The summed E-state index contributed by atoms with van der Waals surface area (Å²) in [5.74, 6) is -0.231. The monoisotopic (exact) mass is 243 g/mol. The van der Waals surface area contributed by atoms with Gasteiger partial charge in [-0.25, -0.2) is 4.79 Å². The number of hydrogen-bond acceptors (Lipinski definition) is 3. The number of hydrogen-bond donors (Lipinski definition) is 1. The van der Waals surface area contributed by atoms with E-state index in [1.54, 1.807) is 13.8 Å². The number of esters is 1. The van der Waals surface area contributed by atoms with Crippen molar-refractivity contribution in [3.63, 3.8) is 0 Å². The van der Waals surface area contributed by atoms with E-state index in [0.717, 1.165) is 11.1 Å². The van der Waals surface area contributed by atoms with Crippen molar-refractivity contribution in [2.75, 3.05) is 11.9 Å². The average Bonchev–Trinajstić information content (AvgIpc) is 2.39. The van der Waals surface area contributed by atoms with Crippen molar-refractivity contribution in [1.29, 1.82) is 0 Å². The Labute approximate surface area is 107 Å². The van der Waals surface area contributed by atoms with Gasteiger partial charge in [0.2, 0.25) is 0 Å². The summed E-state index contributed by atoms with van der Waals surface area (Å²) in [6.07, 6.45) is 0. The fourth-order valence-corrected chi connectivity index (χ4v) is 1.86. The number of carbonyl (C=O) groups is 1. The Hall–Kier alpha value is -2.03. The molecule has 2 aromatic carbocycles. The highest BCUT2D eigenvalue weighted by Gasteiger charge is 2.13. The molecule has 0 heterocycles. The van der Waals surface area contributed by atoms with Crippen molar-refractivity contribution < 1.29 is 9.53 Å².